The maximum Gasteiger partial charge on any atom is 0.122 e. The predicted octanol–water partition coefficient (Wildman–Crippen LogP) is 2.99. The van der Waals surface area contributed by atoms with Gasteiger partial charge in [-0.3, -0.25) is 5.41 Å². The summed E-state index contributed by atoms with van der Waals surface area (Å²) in [6.45, 7) is 1.78. The number of nitrogen functional groups attached to an aromatic ring is 1. The van der Waals surface area contributed by atoms with E-state index in [-0.39, 0.29) is 5.84 Å². The highest BCUT2D eigenvalue weighted by Crippen LogP contribution is 2.27. The maximum absolute atomic E-state index is 7.68. The molecule has 2 aromatic carbocycles. The van der Waals surface area contributed by atoms with E-state index in [1.54, 1.807) is 6.92 Å². The van der Waals surface area contributed by atoms with Gasteiger partial charge in [0.2, 0.25) is 0 Å². The minimum Gasteiger partial charge on any atom is -0.384 e. The van der Waals surface area contributed by atoms with Crippen molar-refractivity contribution in [3.8, 4) is 0 Å². The molecule has 5 N–H and O–H groups in total. The van der Waals surface area contributed by atoms with E-state index in [0.717, 1.165) is 27.4 Å². The third kappa shape index (κ3) is 1.78. The number of hydrogen-bond donors (Lipinski definition) is 4. The highest BCUT2D eigenvalue weighted by molar-refractivity contribution is 6.11. The number of rotatable bonds is 2. The topological polar surface area (TPSA) is 89.5 Å². The van der Waals surface area contributed by atoms with Crippen LogP contribution in [-0.2, 0) is 0 Å². The molecular weight excluding hydrogens is 236 g/mol. The largest absolute Gasteiger partial charge is 0.384 e. The molecule has 1 heterocycles. The normalized spacial score (nSPS) is 11.0. The van der Waals surface area contributed by atoms with Crippen LogP contribution in [0.25, 0.3) is 21.8 Å². The molecule has 0 aliphatic rings. The molecule has 1 aromatic heterocycles. The van der Waals surface area contributed by atoms with Crippen molar-refractivity contribution in [2.45, 2.75) is 6.92 Å². The van der Waals surface area contributed by atoms with Crippen molar-refractivity contribution in [3.63, 3.8) is 0 Å². The summed E-state index contributed by atoms with van der Waals surface area (Å²) in [5, 5.41) is 17.4. The number of aromatic nitrogens is 1. The molecule has 0 aliphatic carbocycles. The lowest BCUT2D eigenvalue weighted by atomic mass is 10.1. The Morgan fingerprint density at radius 3 is 2.00 bits per heavy atom. The second-order valence-electron chi connectivity index (χ2n) is 4.68. The third-order valence-electron chi connectivity index (χ3n) is 3.34. The zero-order valence-corrected chi connectivity index (χ0v) is 10.5. The summed E-state index contributed by atoms with van der Waals surface area (Å²) >= 11 is 0. The van der Waals surface area contributed by atoms with Crippen LogP contribution < -0.4 is 5.73 Å². The fourth-order valence-corrected chi connectivity index (χ4v) is 2.31. The van der Waals surface area contributed by atoms with Gasteiger partial charge < -0.3 is 16.1 Å². The second-order valence-corrected chi connectivity index (χ2v) is 4.68. The Balaban J connectivity index is 2.31. The molecule has 3 rings (SSSR count). The van der Waals surface area contributed by atoms with Crippen molar-refractivity contribution < 1.29 is 0 Å². The molecule has 4 heteroatoms. The van der Waals surface area contributed by atoms with Gasteiger partial charge in [0.15, 0.2) is 0 Å². The summed E-state index contributed by atoms with van der Waals surface area (Å²) in [5.74, 6) is 0.0663. The lowest BCUT2D eigenvalue weighted by Gasteiger charge is -1.98. The van der Waals surface area contributed by atoms with E-state index >= 15 is 0 Å². The first-order chi connectivity index (χ1) is 9.06. The molecular formula is C15H14N4. The SMILES string of the molecule is CC(=N)c1ccc2c(c1)[nH]c1cc(C(=N)N)ccc12. The predicted molar refractivity (Wildman–Crippen MR) is 79.3 cm³/mol. The molecule has 19 heavy (non-hydrogen) atoms. The molecule has 0 fully saturated rings. The number of nitrogens with one attached hydrogen (secondary N) is 3. The molecule has 0 atom stereocenters. The minimum absolute atomic E-state index is 0.0663. The van der Waals surface area contributed by atoms with Gasteiger partial charge in [0.05, 0.1) is 0 Å². The molecule has 4 nitrogen and oxygen atoms in total. The number of aromatic amines is 1. The molecule has 94 valence electrons. The van der Waals surface area contributed by atoms with E-state index in [2.05, 4.69) is 4.98 Å². The van der Waals surface area contributed by atoms with Gasteiger partial charge in [-0.1, -0.05) is 24.3 Å². The first-order valence-corrected chi connectivity index (χ1v) is 6.01. The maximum atomic E-state index is 7.68. The van der Waals surface area contributed by atoms with Gasteiger partial charge in [-0.15, -0.1) is 0 Å². The molecule has 0 aliphatic heterocycles. The fraction of sp³-hybridized carbons (Fsp3) is 0.0667. The van der Waals surface area contributed by atoms with Crippen LogP contribution in [0.5, 0.6) is 0 Å². The summed E-state index contributed by atoms with van der Waals surface area (Å²) in [6, 6.07) is 11.7. The molecule has 0 bridgehead atoms. The van der Waals surface area contributed by atoms with E-state index in [9.17, 15) is 0 Å². The van der Waals surface area contributed by atoms with E-state index in [1.807, 2.05) is 36.4 Å². The number of amidine groups is 1. The Morgan fingerprint density at radius 2 is 1.47 bits per heavy atom. The highest BCUT2D eigenvalue weighted by atomic mass is 14.7. The van der Waals surface area contributed by atoms with Crippen molar-refractivity contribution in [3.05, 3.63) is 47.5 Å². The zero-order chi connectivity index (χ0) is 13.6. The monoisotopic (exact) mass is 250 g/mol. The third-order valence-corrected chi connectivity index (χ3v) is 3.34. The van der Waals surface area contributed by atoms with Crippen molar-refractivity contribution in [1.82, 2.24) is 4.98 Å². The first-order valence-electron chi connectivity index (χ1n) is 6.01. The number of hydrogen-bond acceptors (Lipinski definition) is 2. The van der Waals surface area contributed by atoms with Gasteiger partial charge in [0.1, 0.15) is 5.84 Å². The average Bonchev–Trinajstić information content (AvgIpc) is 2.74. The van der Waals surface area contributed by atoms with Gasteiger partial charge >= 0.3 is 0 Å². The summed E-state index contributed by atoms with van der Waals surface area (Å²) < 4.78 is 0. The van der Waals surface area contributed by atoms with Crippen LogP contribution in [0, 0.1) is 10.8 Å². The van der Waals surface area contributed by atoms with E-state index in [1.165, 1.54) is 0 Å². The minimum atomic E-state index is 0.0663. The van der Waals surface area contributed by atoms with Crippen LogP contribution in [0.4, 0.5) is 0 Å². The summed E-state index contributed by atoms with van der Waals surface area (Å²) in [4.78, 5) is 3.32. The lowest BCUT2D eigenvalue weighted by molar-refractivity contribution is 1.43. The summed E-state index contributed by atoms with van der Waals surface area (Å²) in [7, 11) is 0. The molecule has 0 radical (unpaired) electrons. The van der Waals surface area contributed by atoms with E-state index in [0.29, 0.717) is 11.3 Å². The van der Waals surface area contributed by atoms with Crippen LogP contribution in [0.15, 0.2) is 36.4 Å². The quantitative estimate of drug-likeness (QED) is 0.409. The van der Waals surface area contributed by atoms with Gasteiger partial charge in [-0.2, -0.15) is 0 Å². The van der Waals surface area contributed by atoms with Gasteiger partial charge in [-0.25, -0.2) is 0 Å². The standard InChI is InChI=1S/C15H14N4/c1-8(16)9-2-4-11-12-5-3-10(15(17)18)7-14(12)19-13(11)6-9/h2-7,16,19H,1H3,(H3,17,18). The van der Waals surface area contributed by atoms with Gasteiger partial charge in [0.25, 0.3) is 0 Å². The summed E-state index contributed by atoms with van der Waals surface area (Å²) in [5.41, 5.74) is 9.63. The highest BCUT2D eigenvalue weighted by Gasteiger charge is 2.07. The molecule has 0 saturated heterocycles. The molecule has 0 unspecified atom stereocenters. The molecule has 0 spiro atoms. The van der Waals surface area contributed by atoms with Crippen molar-refractivity contribution in [2.24, 2.45) is 5.73 Å². The molecule has 3 aromatic rings. The lowest BCUT2D eigenvalue weighted by Crippen LogP contribution is -2.10. The van der Waals surface area contributed by atoms with Crippen molar-refractivity contribution in [1.29, 1.82) is 10.8 Å². The van der Waals surface area contributed by atoms with Crippen LogP contribution in [0.2, 0.25) is 0 Å². The number of nitrogens with two attached hydrogens (primary N) is 1. The van der Waals surface area contributed by atoms with Crippen LogP contribution in [0.3, 0.4) is 0 Å². The smallest absolute Gasteiger partial charge is 0.122 e. The number of H-pyrrole nitrogens is 1. The second kappa shape index (κ2) is 3.95. The molecule has 0 saturated carbocycles. The van der Waals surface area contributed by atoms with Crippen LogP contribution in [0.1, 0.15) is 18.1 Å². The first kappa shape index (κ1) is 11.5. The van der Waals surface area contributed by atoms with Crippen LogP contribution in [-0.4, -0.2) is 16.5 Å². The summed E-state index contributed by atoms with van der Waals surface area (Å²) in [6.07, 6.45) is 0. The number of fused-ring (bicyclic) bond motifs is 3. The molecule has 0 amide bonds. The number of benzene rings is 2. The Morgan fingerprint density at radius 1 is 0.947 bits per heavy atom. The Hall–Kier alpha value is -2.62. The van der Waals surface area contributed by atoms with E-state index < -0.39 is 0 Å². The van der Waals surface area contributed by atoms with Crippen LogP contribution >= 0.6 is 0 Å². The van der Waals surface area contributed by atoms with Crippen molar-refractivity contribution in [2.75, 3.05) is 0 Å². The Labute approximate surface area is 110 Å². The van der Waals surface area contributed by atoms with Crippen molar-refractivity contribution >= 4 is 33.4 Å². The fourth-order valence-electron chi connectivity index (χ4n) is 2.31. The van der Waals surface area contributed by atoms with Gasteiger partial charge in [0, 0.05) is 33.1 Å². The Bertz CT molecular complexity index is 758. The van der Waals surface area contributed by atoms with Gasteiger partial charge in [-0.05, 0) is 24.6 Å². The zero-order valence-electron chi connectivity index (χ0n) is 10.5. The Kier molecular flexibility index (Phi) is 2.38. The average molecular weight is 250 g/mol. The van der Waals surface area contributed by atoms with E-state index in [4.69, 9.17) is 16.6 Å².